The molecule has 0 radical (unpaired) electrons. The number of thiocarbonyl (C=S) groups is 1. The van der Waals surface area contributed by atoms with E-state index in [0.717, 1.165) is 27.8 Å². The van der Waals surface area contributed by atoms with Gasteiger partial charge >= 0.3 is 5.69 Å². The fourth-order valence-electron chi connectivity index (χ4n) is 4.79. The van der Waals surface area contributed by atoms with Gasteiger partial charge in [0.2, 0.25) is 5.91 Å². The average Bonchev–Trinajstić information content (AvgIpc) is 3.16. The van der Waals surface area contributed by atoms with Gasteiger partial charge in [0.15, 0.2) is 5.11 Å². The molecule has 8 heteroatoms. The molecule has 172 valence electrons. The second kappa shape index (κ2) is 9.15. The molecule has 7 nitrogen and oxygen atoms in total. The Morgan fingerprint density at radius 3 is 2.50 bits per heavy atom. The maximum atomic E-state index is 12.8. The summed E-state index contributed by atoms with van der Waals surface area (Å²) in [5, 5.41) is 3.67. The van der Waals surface area contributed by atoms with Gasteiger partial charge in [0.1, 0.15) is 6.04 Å². The van der Waals surface area contributed by atoms with Crippen LogP contribution in [0.4, 0.5) is 5.69 Å². The molecule has 0 bridgehead atoms. The Kier molecular flexibility index (Phi) is 5.90. The number of H-pyrrole nitrogens is 1. The van der Waals surface area contributed by atoms with Crippen LogP contribution >= 0.6 is 12.2 Å². The summed E-state index contributed by atoms with van der Waals surface area (Å²) >= 11 is 5.85. The molecule has 4 N–H and O–H groups in total. The van der Waals surface area contributed by atoms with Crippen LogP contribution in [0.5, 0.6) is 0 Å². The fourth-order valence-corrected chi connectivity index (χ4v) is 5.19. The van der Waals surface area contributed by atoms with E-state index in [1.807, 2.05) is 83.8 Å². The molecular weight excluding hydrogens is 446 g/mol. The Hall–Kier alpha value is -3.91. The number of primary amides is 1. The van der Waals surface area contributed by atoms with E-state index >= 15 is 0 Å². The lowest BCUT2D eigenvalue weighted by atomic mass is 9.96. The minimum absolute atomic E-state index is 0.173. The Morgan fingerprint density at radius 1 is 1.09 bits per heavy atom. The van der Waals surface area contributed by atoms with E-state index < -0.39 is 11.9 Å². The highest BCUT2D eigenvalue weighted by molar-refractivity contribution is 7.80. The highest BCUT2D eigenvalue weighted by Gasteiger charge is 2.36. The second-order valence-electron chi connectivity index (χ2n) is 8.52. The second-order valence-corrected chi connectivity index (χ2v) is 8.91. The lowest BCUT2D eigenvalue weighted by Gasteiger charge is -2.40. The summed E-state index contributed by atoms with van der Waals surface area (Å²) in [6, 6.07) is 24.2. The van der Waals surface area contributed by atoms with Crippen molar-refractivity contribution in [2.24, 2.45) is 5.73 Å². The summed E-state index contributed by atoms with van der Waals surface area (Å²) in [6.45, 7) is 0.394. The summed E-state index contributed by atoms with van der Waals surface area (Å²) in [6.07, 6.45) is 1.03. The van der Waals surface area contributed by atoms with E-state index in [0.29, 0.717) is 24.5 Å². The van der Waals surface area contributed by atoms with Crippen molar-refractivity contribution in [3.63, 3.8) is 0 Å². The topological polar surface area (TPSA) is 96.2 Å². The van der Waals surface area contributed by atoms with Crippen molar-refractivity contribution in [3.05, 3.63) is 100 Å². The maximum absolute atomic E-state index is 12.8. The van der Waals surface area contributed by atoms with Gasteiger partial charge in [0.25, 0.3) is 0 Å². The Labute approximate surface area is 202 Å². The highest BCUT2D eigenvalue weighted by atomic mass is 32.1. The molecule has 2 atom stereocenters. The van der Waals surface area contributed by atoms with E-state index in [1.54, 1.807) is 4.57 Å². The molecule has 0 saturated carbocycles. The van der Waals surface area contributed by atoms with Gasteiger partial charge < -0.3 is 20.9 Å². The van der Waals surface area contributed by atoms with E-state index in [4.69, 9.17) is 18.0 Å². The van der Waals surface area contributed by atoms with Crippen molar-refractivity contribution in [2.45, 2.75) is 31.5 Å². The van der Waals surface area contributed by atoms with Crippen molar-refractivity contribution in [1.82, 2.24) is 14.5 Å². The summed E-state index contributed by atoms with van der Waals surface area (Å²) in [5.41, 5.74) is 10.3. The van der Waals surface area contributed by atoms with Crippen LogP contribution in [0, 0.1) is 0 Å². The van der Waals surface area contributed by atoms with Gasteiger partial charge in [0.05, 0.1) is 17.1 Å². The smallest absolute Gasteiger partial charge is 0.326 e. The number of hydrogen-bond donors (Lipinski definition) is 3. The van der Waals surface area contributed by atoms with E-state index in [-0.39, 0.29) is 11.7 Å². The zero-order valence-corrected chi connectivity index (χ0v) is 19.3. The first kappa shape index (κ1) is 21.9. The van der Waals surface area contributed by atoms with Crippen LogP contribution in [0.1, 0.15) is 11.1 Å². The van der Waals surface area contributed by atoms with E-state index in [9.17, 15) is 9.59 Å². The van der Waals surface area contributed by atoms with Gasteiger partial charge in [-0.05, 0) is 48.0 Å². The number of aromatic nitrogens is 2. The molecule has 2 heterocycles. The van der Waals surface area contributed by atoms with Crippen LogP contribution in [-0.4, -0.2) is 37.6 Å². The number of nitrogens with zero attached hydrogens (tertiary/aromatic N) is 2. The number of aromatic amines is 1. The summed E-state index contributed by atoms with van der Waals surface area (Å²) in [7, 11) is 0. The maximum Gasteiger partial charge on any atom is 0.326 e. The lowest BCUT2D eigenvalue weighted by molar-refractivity contribution is -0.122. The molecule has 1 unspecified atom stereocenters. The number of rotatable bonds is 6. The lowest BCUT2D eigenvalue weighted by Crippen LogP contribution is -2.57. The number of amides is 1. The molecule has 0 saturated heterocycles. The quantitative estimate of drug-likeness (QED) is 0.376. The molecule has 34 heavy (non-hydrogen) atoms. The summed E-state index contributed by atoms with van der Waals surface area (Å²) in [4.78, 5) is 30.4. The SMILES string of the molecule is NC(=O)[C@H](Cc1ccccc1)N(C(=S)Nc1ccccc1)C1Cc2cccc3[nH]c(=O)n(c23)C1. The van der Waals surface area contributed by atoms with E-state index in [2.05, 4.69) is 10.3 Å². The molecule has 3 aromatic carbocycles. The summed E-state index contributed by atoms with van der Waals surface area (Å²) in [5.74, 6) is -0.466. The van der Waals surface area contributed by atoms with Crippen LogP contribution in [0.3, 0.4) is 0 Å². The minimum Gasteiger partial charge on any atom is -0.368 e. The van der Waals surface area contributed by atoms with Crippen LogP contribution in [0.25, 0.3) is 11.0 Å². The Balaban J connectivity index is 1.54. The number of carbonyl (C=O) groups excluding carboxylic acids is 1. The standard InChI is InChI=1S/C26H25N5O2S/c27-24(32)22(14-17-8-3-1-4-9-17)31(26(34)28-19-11-5-2-6-12-19)20-15-18-10-7-13-21-23(18)30(16-20)25(33)29-21/h1-13,20,22H,14-16H2,(H2,27,32)(H,28,34)(H,29,33)/t20?,22-/m0/s1. The molecule has 0 fully saturated rings. The largest absolute Gasteiger partial charge is 0.368 e. The van der Waals surface area contributed by atoms with Gasteiger partial charge in [0, 0.05) is 18.7 Å². The average molecular weight is 472 g/mol. The number of imidazole rings is 1. The third-order valence-electron chi connectivity index (χ3n) is 6.31. The molecular formula is C26H25N5O2S. The minimum atomic E-state index is -0.688. The molecule has 1 aliphatic heterocycles. The number of carbonyl (C=O) groups is 1. The predicted molar refractivity (Wildman–Crippen MR) is 138 cm³/mol. The van der Waals surface area contributed by atoms with E-state index in [1.165, 1.54) is 0 Å². The third-order valence-corrected chi connectivity index (χ3v) is 6.63. The number of benzene rings is 3. The first-order valence-electron chi connectivity index (χ1n) is 11.2. The molecule has 1 amide bonds. The number of hydrogen-bond acceptors (Lipinski definition) is 3. The predicted octanol–water partition coefficient (Wildman–Crippen LogP) is 3.05. The van der Waals surface area contributed by atoms with Crippen molar-refractivity contribution in [2.75, 3.05) is 5.32 Å². The molecule has 1 aliphatic rings. The van der Waals surface area contributed by atoms with Crippen LogP contribution in [-0.2, 0) is 24.2 Å². The molecule has 0 spiro atoms. The monoisotopic (exact) mass is 471 g/mol. The van der Waals surface area contributed by atoms with Gasteiger partial charge in [-0.25, -0.2) is 4.79 Å². The molecule has 0 aliphatic carbocycles. The zero-order valence-electron chi connectivity index (χ0n) is 18.5. The molecule has 5 rings (SSSR count). The van der Waals surface area contributed by atoms with Crippen molar-refractivity contribution in [1.29, 1.82) is 0 Å². The van der Waals surface area contributed by atoms with Crippen LogP contribution in [0.2, 0.25) is 0 Å². The number of anilines is 1. The third kappa shape index (κ3) is 4.20. The van der Waals surface area contributed by atoms with Crippen molar-refractivity contribution < 1.29 is 4.79 Å². The van der Waals surface area contributed by atoms with Gasteiger partial charge in [-0.2, -0.15) is 0 Å². The van der Waals surface area contributed by atoms with Crippen LogP contribution in [0.15, 0.2) is 83.7 Å². The summed E-state index contributed by atoms with van der Waals surface area (Å²) < 4.78 is 1.73. The first-order chi connectivity index (χ1) is 16.5. The van der Waals surface area contributed by atoms with Gasteiger partial charge in [-0.3, -0.25) is 9.36 Å². The number of nitrogens with one attached hydrogen (secondary N) is 2. The normalized spacial score (nSPS) is 15.6. The molecule has 1 aromatic heterocycles. The van der Waals surface area contributed by atoms with Gasteiger partial charge in [-0.15, -0.1) is 0 Å². The highest BCUT2D eigenvalue weighted by Crippen LogP contribution is 2.27. The van der Waals surface area contributed by atoms with Crippen molar-refractivity contribution in [3.8, 4) is 0 Å². The molecule has 4 aromatic rings. The Bertz CT molecular complexity index is 1400. The number of nitrogens with two attached hydrogens (primary N) is 1. The van der Waals surface area contributed by atoms with Crippen LogP contribution < -0.4 is 16.7 Å². The number of para-hydroxylation sites is 2. The Morgan fingerprint density at radius 2 is 1.79 bits per heavy atom. The fraction of sp³-hybridized carbons (Fsp3) is 0.192. The van der Waals surface area contributed by atoms with Gasteiger partial charge in [-0.1, -0.05) is 60.7 Å². The zero-order chi connectivity index (χ0) is 23.7. The first-order valence-corrected chi connectivity index (χ1v) is 11.6. The van der Waals surface area contributed by atoms with Crippen molar-refractivity contribution >= 4 is 40.0 Å².